The quantitative estimate of drug-likeness (QED) is 0.577. The molecule has 1 saturated heterocycles. The molecule has 4 rings (SSSR count). The molecular weight excluding hydrogens is 412 g/mol. The summed E-state index contributed by atoms with van der Waals surface area (Å²) in [5.74, 6) is 0.149. The molecule has 0 aromatic heterocycles. The molecule has 29 heavy (non-hydrogen) atoms. The van der Waals surface area contributed by atoms with Crippen molar-refractivity contribution in [3.8, 4) is 11.5 Å². The second kappa shape index (κ2) is 7.39. The van der Waals surface area contributed by atoms with E-state index in [1.54, 1.807) is 31.1 Å². The molecular formula is C21H21ClN2O4S. The zero-order valence-electron chi connectivity index (χ0n) is 16.3. The number of thiocarbonyl (C=S) groups is 1. The van der Waals surface area contributed by atoms with Crippen molar-refractivity contribution < 1.29 is 19.0 Å². The van der Waals surface area contributed by atoms with Crippen LogP contribution in [-0.2, 0) is 9.53 Å². The van der Waals surface area contributed by atoms with E-state index in [1.807, 2.05) is 37.3 Å². The molecule has 2 aromatic rings. The number of ether oxygens (including phenoxy) is 3. The highest BCUT2D eigenvalue weighted by Crippen LogP contribution is 2.52. The van der Waals surface area contributed by atoms with Crippen LogP contribution in [0.5, 0.6) is 11.5 Å². The summed E-state index contributed by atoms with van der Waals surface area (Å²) in [6, 6.07) is 12.4. The summed E-state index contributed by atoms with van der Waals surface area (Å²) in [5, 5.41) is 4.38. The number of hydrogen-bond donors (Lipinski definition) is 1. The molecule has 0 spiro atoms. The minimum atomic E-state index is -1.13. The first-order valence-corrected chi connectivity index (χ1v) is 10.1. The lowest BCUT2D eigenvalue weighted by molar-refractivity contribution is -0.159. The molecule has 0 unspecified atom stereocenters. The van der Waals surface area contributed by atoms with Crippen LogP contribution in [0.2, 0.25) is 5.02 Å². The fourth-order valence-corrected chi connectivity index (χ4v) is 4.64. The highest BCUT2D eigenvalue weighted by molar-refractivity contribution is 7.80. The van der Waals surface area contributed by atoms with Gasteiger partial charge in [-0.1, -0.05) is 23.7 Å². The molecule has 0 aliphatic carbocycles. The van der Waals surface area contributed by atoms with Gasteiger partial charge in [-0.3, -0.25) is 9.69 Å². The average Bonchev–Trinajstić information content (AvgIpc) is 2.68. The second-order valence-corrected chi connectivity index (χ2v) is 7.83. The molecule has 2 aromatic carbocycles. The minimum Gasteiger partial charge on any atom is -0.493 e. The van der Waals surface area contributed by atoms with Crippen molar-refractivity contribution in [3.63, 3.8) is 0 Å². The number of halogens is 1. The van der Waals surface area contributed by atoms with Crippen molar-refractivity contribution in [1.82, 2.24) is 5.32 Å². The first-order valence-electron chi connectivity index (χ1n) is 9.29. The summed E-state index contributed by atoms with van der Waals surface area (Å²) < 4.78 is 17.4. The van der Waals surface area contributed by atoms with Gasteiger partial charge in [-0.05, 0) is 56.4 Å². The Kier molecular flexibility index (Phi) is 5.04. The van der Waals surface area contributed by atoms with E-state index >= 15 is 0 Å². The molecule has 3 atom stereocenters. The van der Waals surface area contributed by atoms with Crippen LogP contribution in [-0.4, -0.2) is 30.5 Å². The van der Waals surface area contributed by atoms with Crippen molar-refractivity contribution in [3.05, 3.63) is 53.1 Å². The van der Waals surface area contributed by atoms with Gasteiger partial charge in [-0.2, -0.15) is 0 Å². The number of para-hydroxylation sites is 1. The van der Waals surface area contributed by atoms with Crippen molar-refractivity contribution >= 4 is 40.6 Å². The minimum absolute atomic E-state index is 0.272. The fraction of sp³-hybridized carbons (Fsp3) is 0.333. The number of hydrogen-bond acceptors (Lipinski definition) is 5. The molecule has 2 aliphatic heterocycles. The number of esters is 1. The molecule has 0 amide bonds. The topological polar surface area (TPSA) is 60.0 Å². The van der Waals surface area contributed by atoms with Gasteiger partial charge in [0.2, 0.25) is 5.72 Å². The Morgan fingerprint density at radius 2 is 2.03 bits per heavy atom. The Labute approximate surface area is 179 Å². The molecule has 0 saturated carbocycles. The standard InChI is InChI=1S/C21H21ClN2O4S/c1-4-27-19(25)16-17-14-6-5-7-15(26-3)18(14)28-21(16,2)24(20(29)23-17)13-10-8-12(22)9-11-13/h5-11,16-17H,4H2,1-3H3,(H,23,29)/t16-,17+,21+/m1/s1. The lowest BCUT2D eigenvalue weighted by Gasteiger charge is -2.55. The van der Waals surface area contributed by atoms with Gasteiger partial charge >= 0.3 is 5.97 Å². The molecule has 2 bridgehead atoms. The summed E-state index contributed by atoms with van der Waals surface area (Å²) in [6.45, 7) is 3.90. The van der Waals surface area contributed by atoms with Crippen LogP contribution in [0.15, 0.2) is 42.5 Å². The smallest absolute Gasteiger partial charge is 0.317 e. The Bertz CT molecular complexity index is 968. The van der Waals surface area contributed by atoms with Crippen molar-refractivity contribution in [1.29, 1.82) is 0 Å². The molecule has 6 nitrogen and oxygen atoms in total. The predicted molar refractivity (Wildman–Crippen MR) is 115 cm³/mol. The summed E-state index contributed by atoms with van der Waals surface area (Å²) in [6.07, 6.45) is 0. The average molecular weight is 433 g/mol. The monoisotopic (exact) mass is 432 g/mol. The first kappa shape index (κ1) is 19.8. The van der Waals surface area contributed by atoms with Crippen molar-refractivity contribution in [2.75, 3.05) is 18.6 Å². The number of benzene rings is 2. The van der Waals surface area contributed by atoms with Gasteiger partial charge in [0.15, 0.2) is 16.6 Å². The first-order chi connectivity index (χ1) is 13.9. The van der Waals surface area contributed by atoms with E-state index < -0.39 is 17.7 Å². The maximum Gasteiger partial charge on any atom is 0.317 e. The number of carbonyl (C=O) groups is 1. The Hall–Kier alpha value is -2.51. The third kappa shape index (κ3) is 3.09. The van der Waals surface area contributed by atoms with Gasteiger partial charge < -0.3 is 19.5 Å². The van der Waals surface area contributed by atoms with Gasteiger partial charge in [0.1, 0.15) is 5.92 Å². The van der Waals surface area contributed by atoms with E-state index in [9.17, 15) is 4.79 Å². The number of nitrogens with one attached hydrogen (secondary N) is 1. The van der Waals surface area contributed by atoms with Gasteiger partial charge in [0, 0.05) is 16.3 Å². The van der Waals surface area contributed by atoms with E-state index in [4.69, 9.17) is 38.0 Å². The van der Waals surface area contributed by atoms with E-state index in [2.05, 4.69) is 5.32 Å². The maximum absolute atomic E-state index is 13.1. The van der Waals surface area contributed by atoms with E-state index in [-0.39, 0.29) is 12.6 Å². The van der Waals surface area contributed by atoms with E-state index in [0.717, 1.165) is 11.3 Å². The number of nitrogens with zero attached hydrogens (tertiary/aromatic N) is 1. The van der Waals surface area contributed by atoms with Crippen LogP contribution in [0, 0.1) is 5.92 Å². The zero-order valence-corrected chi connectivity index (χ0v) is 17.8. The number of methoxy groups -OCH3 is 1. The molecule has 2 aliphatic rings. The lowest BCUT2D eigenvalue weighted by atomic mass is 9.79. The number of rotatable bonds is 4. The van der Waals surface area contributed by atoms with E-state index in [0.29, 0.717) is 21.6 Å². The number of carbonyl (C=O) groups excluding carboxylic acids is 1. The molecule has 2 heterocycles. The van der Waals surface area contributed by atoms with Crippen LogP contribution < -0.4 is 19.7 Å². The lowest BCUT2D eigenvalue weighted by Crippen LogP contribution is -2.71. The fourth-order valence-electron chi connectivity index (χ4n) is 4.10. The predicted octanol–water partition coefficient (Wildman–Crippen LogP) is 4.07. The maximum atomic E-state index is 13.1. The van der Waals surface area contributed by atoms with Gasteiger partial charge in [-0.25, -0.2) is 0 Å². The highest BCUT2D eigenvalue weighted by atomic mass is 35.5. The van der Waals surface area contributed by atoms with Crippen LogP contribution in [0.4, 0.5) is 5.69 Å². The van der Waals surface area contributed by atoms with Gasteiger partial charge in [-0.15, -0.1) is 0 Å². The number of fused-ring (bicyclic) bond motifs is 4. The largest absolute Gasteiger partial charge is 0.493 e. The van der Waals surface area contributed by atoms with Crippen LogP contribution in [0.25, 0.3) is 0 Å². The van der Waals surface area contributed by atoms with Crippen molar-refractivity contribution in [2.24, 2.45) is 5.92 Å². The third-order valence-electron chi connectivity index (χ3n) is 5.33. The Morgan fingerprint density at radius 1 is 1.31 bits per heavy atom. The zero-order chi connectivity index (χ0) is 20.8. The van der Waals surface area contributed by atoms with Gasteiger partial charge in [0.05, 0.1) is 19.8 Å². The third-order valence-corrected chi connectivity index (χ3v) is 5.89. The molecule has 1 fully saturated rings. The summed E-state index contributed by atoms with van der Waals surface area (Å²) in [5.41, 5.74) is 0.424. The second-order valence-electron chi connectivity index (χ2n) is 7.00. The highest BCUT2D eigenvalue weighted by Gasteiger charge is 2.60. The van der Waals surface area contributed by atoms with E-state index in [1.165, 1.54) is 0 Å². The van der Waals surface area contributed by atoms with Crippen LogP contribution >= 0.6 is 23.8 Å². The molecule has 152 valence electrons. The Morgan fingerprint density at radius 3 is 2.69 bits per heavy atom. The Balaban J connectivity index is 1.91. The molecule has 1 N–H and O–H groups in total. The van der Waals surface area contributed by atoms with Gasteiger partial charge in [0.25, 0.3) is 0 Å². The summed E-state index contributed by atoms with van der Waals surface area (Å²) in [7, 11) is 1.59. The SMILES string of the molecule is CCOC(=O)[C@H]1[C@H]2NC(=S)N(c3ccc(Cl)cc3)[C@@]1(C)Oc1c(OC)cccc12. The molecule has 0 radical (unpaired) electrons. The normalized spacial score (nSPS) is 24.8. The summed E-state index contributed by atoms with van der Waals surface area (Å²) >= 11 is 11.7. The van der Waals surface area contributed by atoms with Crippen LogP contribution in [0.3, 0.4) is 0 Å². The van der Waals surface area contributed by atoms with Crippen LogP contribution in [0.1, 0.15) is 25.5 Å². The molecule has 8 heteroatoms. The number of anilines is 1. The summed E-state index contributed by atoms with van der Waals surface area (Å²) in [4.78, 5) is 14.9. The van der Waals surface area contributed by atoms with Crippen molar-refractivity contribution in [2.45, 2.75) is 25.6 Å².